The van der Waals surface area contributed by atoms with Gasteiger partial charge in [-0.3, -0.25) is 9.59 Å². The molecule has 1 aromatic heterocycles. The summed E-state index contributed by atoms with van der Waals surface area (Å²) in [5.41, 5.74) is 0.823. The lowest BCUT2D eigenvalue weighted by Crippen LogP contribution is -2.51. The van der Waals surface area contributed by atoms with Gasteiger partial charge >= 0.3 is 0 Å². The Balaban J connectivity index is 2.21. The van der Waals surface area contributed by atoms with E-state index in [1.807, 2.05) is 30.3 Å². The van der Waals surface area contributed by atoms with Crippen molar-refractivity contribution in [1.29, 1.82) is 0 Å². The van der Waals surface area contributed by atoms with Gasteiger partial charge in [0.05, 0.1) is 24.5 Å². The van der Waals surface area contributed by atoms with Crippen LogP contribution in [0.1, 0.15) is 25.3 Å². The molecule has 0 saturated heterocycles. The van der Waals surface area contributed by atoms with Crippen LogP contribution in [0.2, 0.25) is 0 Å². The van der Waals surface area contributed by atoms with Crippen LogP contribution in [0.25, 0.3) is 0 Å². The molecule has 0 aliphatic rings. The molecule has 0 saturated carbocycles. The molecule has 2 rings (SSSR count). The first-order chi connectivity index (χ1) is 15.6. The van der Waals surface area contributed by atoms with Gasteiger partial charge in [-0.15, -0.1) is 0 Å². The molecule has 182 valence electrons. The van der Waals surface area contributed by atoms with E-state index in [-0.39, 0.29) is 43.4 Å². The molecule has 0 fully saturated rings. The summed E-state index contributed by atoms with van der Waals surface area (Å²) in [4.78, 5) is 23.9. The summed E-state index contributed by atoms with van der Waals surface area (Å²) in [6, 6.07) is 11.0. The average Bonchev–Trinajstić information content (AvgIpc) is 3.33. The van der Waals surface area contributed by atoms with Crippen LogP contribution in [0.4, 0.5) is 0 Å². The van der Waals surface area contributed by atoms with Gasteiger partial charge in [0.15, 0.2) is 0 Å². The highest BCUT2D eigenvalue weighted by Crippen LogP contribution is 2.18. The molecule has 2 unspecified atom stereocenters. The third-order valence-corrected chi connectivity index (χ3v) is 6.63. The summed E-state index contributed by atoms with van der Waals surface area (Å²) in [7, 11) is -2.66. The molecule has 11 heteroatoms. The van der Waals surface area contributed by atoms with Gasteiger partial charge in [-0.1, -0.05) is 30.3 Å². The fourth-order valence-corrected chi connectivity index (χ4v) is 4.66. The molecule has 0 spiro atoms. The van der Waals surface area contributed by atoms with Gasteiger partial charge in [0.25, 0.3) is 10.0 Å². The number of benzene rings is 1. The number of carbonyl (C=O) groups is 2. The topological polar surface area (TPSA) is 149 Å². The highest BCUT2D eigenvalue weighted by molar-refractivity contribution is 7.89. The zero-order valence-electron chi connectivity index (χ0n) is 18.7. The normalized spacial score (nSPS) is 14.5. The number of amides is 2. The number of rotatable bonds is 13. The van der Waals surface area contributed by atoms with E-state index >= 15 is 0 Å². The van der Waals surface area contributed by atoms with Crippen LogP contribution in [0, 0.1) is 0 Å². The maximum absolute atomic E-state index is 13.0. The zero-order valence-corrected chi connectivity index (χ0v) is 19.5. The van der Waals surface area contributed by atoms with Crippen molar-refractivity contribution in [2.45, 2.75) is 49.5 Å². The fourth-order valence-electron chi connectivity index (χ4n) is 3.22. The number of aliphatic hydroxyl groups is 2. The van der Waals surface area contributed by atoms with E-state index < -0.39 is 34.2 Å². The van der Waals surface area contributed by atoms with Crippen LogP contribution in [0.15, 0.2) is 58.2 Å². The molecule has 0 aliphatic heterocycles. The van der Waals surface area contributed by atoms with E-state index in [2.05, 4.69) is 10.6 Å². The lowest BCUT2D eigenvalue weighted by atomic mass is 10.0. The van der Waals surface area contributed by atoms with Crippen LogP contribution in [0.3, 0.4) is 0 Å². The van der Waals surface area contributed by atoms with Crippen molar-refractivity contribution in [2.24, 2.45) is 0 Å². The summed E-state index contributed by atoms with van der Waals surface area (Å²) in [6.07, 6.45) is -0.961. The van der Waals surface area contributed by atoms with Crippen molar-refractivity contribution in [3.63, 3.8) is 0 Å². The molecular weight excluding hydrogens is 450 g/mol. The summed E-state index contributed by atoms with van der Waals surface area (Å²) >= 11 is 0. The summed E-state index contributed by atoms with van der Waals surface area (Å²) in [5.74, 6) is -0.743. The molecule has 1 heterocycles. The van der Waals surface area contributed by atoms with Gasteiger partial charge in [0, 0.05) is 33.0 Å². The third-order valence-electron chi connectivity index (χ3n) is 4.92. The van der Waals surface area contributed by atoms with E-state index in [0.29, 0.717) is 0 Å². The SMILES string of the molecule is CNC(=O)CCC(=O)NC(Cc1ccccc1)C(O)CN(C[C@@H](C)O)S(=O)(=O)c1ccco1. The van der Waals surface area contributed by atoms with E-state index in [9.17, 15) is 28.2 Å². The zero-order chi connectivity index (χ0) is 24.4. The van der Waals surface area contributed by atoms with Crippen LogP contribution in [-0.4, -0.2) is 73.1 Å². The molecule has 2 aromatic rings. The van der Waals surface area contributed by atoms with Crippen LogP contribution in [-0.2, 0) is 26.0 Å². The molecule has 0 radical (unpaired) electrons. The lowest BCUT2D eigenvalue weighted by molar-refractivity contribution is -0.127. The maximum atomic E-state index is 13.0. The van der Waals surface area contributed by atoms with Crippen molar-refractivity contribution in [3.05, 3.63) is 54.3 Å². The van der Waals surface area contributed by atoms with E-state index in [0.717, 1.165) is 9.87 Å². The minimum absolute atomic E-state index is 0.0164. The minimum atomic E-state index is -4.13. The van der Waals surface area contributed by atoms with Crippen molar-refractivity contribution >= 4 is 21.8 Å². The molecular formula is C22H31N3O7S. The maximum Gasteiger partial charge on any atom is 0.276 e. The first-order valence-electron chi connectivity index (χ1n) is 10.6. The Morgan fingerprint density at radius 1 is 1.03 bits per heavy atom. The van der Waals surface area contributed by atoms with Crippen LogP contribution >= 0.6 is 0 Å². The van der Waals surface area contributed by atoms with E-state index in [1.165, 1.54) is 32.4 Å². The number of aliphatic hydroxyl groups excluding tert-OH is 2. The molecule has 0 bridgehead atoms. The lowest BCUT2D eigenvalue weighted by Gasteiger charge is -2.30. The van der Waals surface area contributed by atoms with Crippen molar-refractivity contribution in [2.75, 3.05) is 20.1 Å². The van der Waals surface area contributed by atoms with Gasteiger partial charge in [0.1, 0.15) is 0 Å². The van der Waals surface area contributed by atoms with Gasteiger partial charge in [-0.2, -0.15) is 4.31 Å². The van der Waals surface area contributed by atoms with Gasteiger partial charge in [0.2, 0.25) is 16.9 Å². The third kappa shape index (κ3) is 8.28. The van der Waals surface area contributed by atoms with Crippen LogP contribution in [0.5, 0.6) is 0 Å². The second-order valence-electron chi connectivity index (χ2n) is 7.71. The highest BCUT2D eigenvalue weighted by atomic mass is 32.2. The second kappa shape index (κ2) is 12.5. The van der Waals surface area contributed by atoms with Crippen LogP contribution < -0.4 is 10.6 Å². The van der Waals surface area contributed by atoms with Crippen molar-refractivity contribution < 1.29 is 32.6 Å². The number of nitrogens with zero attached hydrogens (tertiary/aromatic N) is 1. The molecule has 2 amide bonds. The monoisotopic (exact) mass is 481 g/mol. The first kappa shape index (κ1) is 26.5. The Morgan fingerprint density at radius 3 is 2.27 bits per heavy atom. The summed E-state index contributed by atoms with van der Waals surface area (Å²) in [5, 5.41) is 25.6. The predicted molar refractivity (Wildman–Crippen MR) is 121 cm³/mol. The number of hydrogen-bond donors (Lipinski definition) is 4. The quantitative estimate of drug-likeness (QED) is 0.321. The second-order valence-corrected chi connectivity index (χ2v) is 9.58. The largest absolute Gasteiger partial charge is 0.452 e. The molecule has 1 aromatic carbocycles. The predicted octanol–water partition coefficient (Wildman–Crippen LogP) is 0.266. The Labute approximate surface area is 193 Å². The van der Waals surface area contributed by atoms with Crippen molar-refractivity contribution in [1.82, 2.24) is 14.9 Å². The average molecular weight is 482 g/mol. The fraction of sp³-hybridized carbons (Fsp3) is 0.455. The summed E-state index contributed by atoms with van der Waals surface area (Å²) < 4.78 is 31.9. The smallest absolute Gasteiger partial charge is 0.276 e. The Morgan fingerprint density at radius 2 is 1.70 bits per heavy atom. The number of sulfonamides is 1. The minimum Gasteiger partial charge on any atom is -0.452 e. The molecule has 10 nitrogen and oxygen atoms in total. The van der Waals surface area contributed by atoms with Gasteiger partial charge in [-0.05, 0) is 31.0 Å². The standard InChI is InChI=1S/C22H31N3O7S/c1-16(26)14-25(33(30,31)22-9-6-12-32-22)15-19(27)18(13-17-7-4-3-5-8-17)24-21(29)11-10-20(28)23-2/h3-9,12,16,18-19,26-27H,10-11,13-15H2,1-2H3,(H,23,28)(H,24,29)/t16-,18?,19?/m1/s1. The van der Waals surface area contributed by atoms with E-state index in [4.69, 9.17) is 4.42 Å². The van der Waals surface area contributed by atoms with Crippen molar-refractivity contribution in [3.8, 4) is 0 Å². The molecule has 4 N–H and O–H groups in total. The summed E-state index contributed by atoms with van der Waals surface area (Å²) in [6.45, 7) is 0.767. The number of carbonyl (C=O) groups excluding carboxylic acids is 2. The molecule has 33 heavy (non-hydrogen) atoms. The Hall–Kier alpha value is -2.73. The van der Waals surface area contributed by atoms with Gasteiger partial charge < -0.3 is 25.3 Å². The Bertz CT molecular complexity index is 979. The van der Waals surface area contributed by atoms with Gasteiger partial charge in [-0.25, -0.2) is 8.42 Å². The highest BCUT2D eigenvalue weighted by Gasteiger charge is 2.33. The first-order valence-corrected chi connectivity index (χ1v) is 12.0. The molecule has 0 aliphatic carbocycles. The number of hydrogen-bond acceptors (Lipinski definition) is 7. The Kier molecular flexibility index (Phi) is 10.0. The molecule has 3 atom stereocenters. The van der Waals surface area contributed by atoms with E-state index in [1.54, 1.807) is 0 Å². The number of nitrogens with one attached hydrogen (secondary N) is 2. The number of furan rings is 1.